The van der Waals surface area contributed by atoms with Gasteiger partial charge in [0.05, 0.1) is 13.1 Å². The maximum atomic E-state index is 12.4. The van der Waals surface area contributed by atoms with Crippen LogP contribution in [0.4, 0.5) is 5.69 Å². The summed E-state index contributed by atoms with van der Waals surface area (Å²) >= 11 is 0. The van der Waals surface area contributed by atoms with Crippen LogP contribution in [-0.2, 0) is 9.59 Å². The van der Waals surface area contributed by atoms with Crippen molar-refractivity contribution in [3.63, 3.8) is 0 Å². The highest BCUT2D eigenvalue weighted by Gasteiger charge is 2.32. The summed E-state index contributed by atoms with van der Waals surface area (Å²) in [6, 6.07) is 5.88. The number of nitrogens with one attached hydrogen (secondary N) is 2. The van der Waals surface area contributed by atoms with E-state index in [0.29, 0.717) is 0 Å². The van der Waals surface area contributed by atoms with Crippen molar-refractivity contribution in [3.8, 4) is 0 Å². The van der Waals surface area contributed by atoms with Crippen molar-refractivity contribution in [1.29, 1.82) is 0 Å². The van der Waals surface area contributed by atoms with Crippen molar-refractivity contribution < 1.29 is 14.5 Å². The van der Waals surface area contributed by atoms with E-state index in [-0.39, 0.29) is 23.8 Å². The van der Waals surface area contributed by atoms with Crippen molar-refractivity contribution in [1.82, 2.24) is 0 Å². The number of primary amides is 1. The lowest BCUT2D eigenvalue weighted by Crippen LogP contribution is -3.17. The van der Waals surface area contributed by atoms with Gasteiger partial charge in [0.15, 0.2) is 6.04 Å². The Kier molecular flexibility index (Phi) is 5.19. The molecule has 0 saturated carbocycles. The molecule has 0 radical (unpaired) electrons. The third-order valence-electron chi connectivity index (χ3n) is 4.68. The van der Waals surface area contributed by atoms with Crippen LogP contribution in [0.5, 0.6) is 0 Å². The lowest BCUT2D eigenvalue weighted by Gasteiger charge is -2.31. The van der Waals surface area contributed by atoms with Gasteiger partial charge in [0.1, 0.15) is 0 Å². The largest absolute Gasteiger partial charge is 0.369 e. The lowest BCUT2D eigenvalue weighted by atomic mass is 9.95. The second-order valence-electron chi connectivity index (χ2n) is 6.36. The normalized spacial score (nSPS) is 22.9. The Bertz CT molecular complexity index is 563. The molecule has 1 saturated heterocycles. The number of amides is 2. The fraction of sp³-hybridized carbons (Fsp3) is 0.529. The molecule has 0 bridgehead atoms. The van der Waals surface area contributed by atoms with Gasteiger partial charge in [-0.1, -0.05) is 17.7 Å². The van der Waals surface area contributed by atoms with Crippen LogP contribution in [0.25, 0.3) is 0 Å². The number of hydrogen-bond acceptors (Lipinski definition) is 2. The molecular formula is C17H26N3O2+. The first kappa shape index (κ1) is 16.5. The van der Waals surface area contributed by atoms with E-state index < -0.39 is 0 Å². The first-order chi connectivity index (χ1) is 10.4. The first-order valence-electron chi connectivity index (χ1n) is 7.90. The van der Waals surface area contributed by atoms with Crippen molar-refractivity contribution in [2.75, 3.05) is 18.4 Å². The van der Waals surface area contributed by atoms with Gasteiger partial charge in [0.25, 0.3) is 5.91 Å². The summed E-state index contributed by atoms with van der Waals surface area (Å²) in [4.78, 5) is 24.9. The van der Waals surface area contributed by atoms with Crippen LogP contribution in [0.15, 0.2) is 18.2 Å². The fourth-order valence-electron chi connectivity index (χ4n) is 3.09. The van der Waals surface area contributed by atoms with E-state index in [2.05, 4.69) is 11.4 Å². The van der Waals surface area contributed by atoms with E-state index in [0.717, 1.165) is 37.2 Å². The average molecular weight is 304 g/mol. The minimum atomic E-state index is -0.216. The Morgan fingerprint density at radius 2 is 1.91 bits per heavy atom. The summed E-state index contributed by atoms with van der Waals surface area (Å²) < 4.78 is 0. The van der Waals surface area contributed by atoms with Gasteiger partial charge in [-0.3, -0.25) is 9.59 Å². The molecule has 1 heterocycles. The number of quaternary nitrogens is 1. The second-order valence-corrected chi connectivity index (χ2v) is 6.36. The van der Waals surface area contributed by atoms with Gasteiger partial charge in [-0.05, 0) is 32.4 Å². The SMILES string of the molecule is Cc1ccc(NC(=O)[C@@H](C)[NH+]2CCC(C(N)=O)CC2)c(C)c1. The molecule has 1 aromatic rings. The molecule has 2 amide bonds. The van der Waals surface area contributed by atoms with Gasteiger partial charge in [0, 0.05) is 24.4 Å². The molecule has 5 nitrogen and oxygen atoms in total. The Hall–Kier alpha value is -1.88. The maximum Gasteiger partial charge on any atom is 0.282 e. The summed E-state index contributed by atoms with van der Waals surface area (Å²) in [5.41, 5.74) is 8.48. The highest BCUT2D eigenvalue weighted by atomic mass is 16.2. The Morgan fingerprint density at radius 3 is 2.45 bits per heavy atom. The van der Waals surface area contributed by atoms with E-state index in [1.165, 1.54) is 10.5 Å². The molecule has 4 N–H and O–H groups in total. The zero-order valence-corrected chi connectivity index (χ0v) is 13.6. The average Bonchev–Trinajstić information content (AvgIpc) is 2.49. The first-order valence-corrected chi connectivity index (χ1v) is 7.90. The van der Waals surface area contributed by atoms with Gasteiger partial charge in [-0.2, -0.15) is 0 Å². The summed E-state index contributed by atoms with van der Waals surface area (Å²) in [6.07, 6.45) is 1.54. The number of rotatable bonds is 4. The molecule has 1 aliphatic heterocycles. The smallest absolute Gasteiger partial charge is 0.282 e. The quantitative estimate of drug-likeness (QED) is 0.753. The van der Waals surface area contributed by atoms with E-state index in [9.17, 15) is 9.59 Å². The highest BCUT2D eigenvalue weighted by molar-refractivity contribution is 5.94. The minimum Gasteiger partial charge on any atom is -0.369 e. The molecule has 2 rings (SSSR count). The number of piperidine rings is 1. The molecule has 22 heavy (non-hydrogen) atoms. The zero-order valence-electron chi connectivity index (χ0n) is 13.6. The Balaban J connectivity index is 1.94. The van der Waals surface area contributed by atoms with Gasteiger partial charge in [-0.15, -0.1) is 0 Å². The number of carbonyl (C=O) groups excluding carboxylic acids is 2. The third kappa shape index (κ3) is 3.85. The number of hydrogen-bond donors (Lipinski definition) is 3. The number of likely N-dealkylation sites (tertiary alicyclic amines) is 1. The van der Waals surface area contributed by atoms with Gasteiger partial charge < -0.3 is 16.0 Å². The van der Waals surface area contributed by atoms with Crippen molar-refractivity contribution in [2.45, 2.75) is 39.7 Å². The second kappa shape index (κ2) is 6.92. The summed E-state index contributed by atoms with van der Waals surface area (Å²) in [7, 11) is 0. The van der Waals surface area contributed by atoms with Crippen LogP contribution in [0, 0.1) is 19.8 Å². The third-order valence-corrected chi connectivity index (χ3v) is 4.68. The molecule has 0 spiro atoms. The maximum absolute atomic E-state index is 12.4. The molecule has 0 aromatic heterocycles. The zero-order chi connectivity index (χ0) is 16.3. The number of carbonyl (C=O) groups is 2. The van der Waals surface area contributed by atoms with Crippen molar-refractivity contribution in [2.24, 2.45) is 11.7 Å². The van der Waals surface area contributed by atoms with E-state index in [1.54, 1.807) is 0 Å². The molecule has 0 aliphatic carbocycles. The van der Waals surface area contributed by atoms with Crippen LogP contribution in [-0.4, -0.2) is 30.9 Å². The fourth-order valence-corrected chi connectivity index (χ4v) is 3.09. The monoisotopic (exact) mass is 304 g/mol. The van der Waals surface area contributed by atoms with Crippen LogP contribution in [0.2, 0.25) is 0 Å². The minimum absolute atomic E-state index is 0.0273. The Morgan fingerprint density at radius 1 is 1.27 bits per heavy atom. The number of anilines is 1. The molecule has 1 atom stereocenters. The summed E-state index contributed by atoms with van der Waals surface area (Å²) in [5.74, 6) is -0.218. The van der Waals surface area contributed by atoms with Crippen LogP contribution >= 0.6 is 0 Å². The Labute approximate surface area is 131 Å². The molecule has 1 fully saturated rings. The molecule has 5 heteroatoms. The van der Waals surface area contributed by atoms with Crippen LogP contribution in [0.1, 0.15) is 30.9 Å². The topological polar surface area (TPSA) is 76.6 Å². The van der Waals surface area contributed by atoms with Gasteiger partial charge in [-0.25, -0.2) is 0 Å². The molecule has 120 valence electrons. The highest BCUT2D eigenvalue weighted by Crippen LogP contribution is 2.16. The van der Waals surface area contributed by atoms with Gasteiger partial charge >= 0.3 is 0 Å². The van der Waals surface area contributed by atoms with Gasteiger partial charge in [0.2, 0.25) is 5.91 Å². The van der Waals surface area contributed by atoms with Crippen molar-refractivity contribution in [3.05, 3.63) is 29.3 Å². The number of benzene rings is 1. The predicted octanol–water partition coefficient (Wildman–Crippen LogP) is 0.411. The van der Waals surface area contributed by atoms with E-state index in [4.69, 9.17) is 5.73 Å². The molecule has 1 aliphatic rings. The lowest BCUT2D eigenvalue weighted by molar-refractivity contribution is -0.919. The van der Waals surface area contributed by atoms with E-state index >= 15 is 0 Å². The molecular weight excluding hydrogens is 278 g/mol. The number of nitrogens with two attached hydrogens (primary N) is 1. The van der Waals surface area contributed by atoms with Crippen molar-refractivity contribution >= 4 is 17.5 Å². The van der Waals surface area contributed by atoms with Crippen LogP contribution < -0.4 is 16.0 Å². The van der Waals surface area contributed by atoms with Crippen LogP contribution in [0.3, 0.4) is 0 Å². The standard InChI is InChI=1S/C17H25N3O2/c1-11-4-5-15(12(2)10-11)19-17(22)13(3)20-8-6-14(7-9-20)16(18)21/h4-5,10,13-14H,6-9H2,1-3H3,(H2,18,21)(H,19,22)/p+1/t13-/m1/s1. The van der Waals surface area contributed by atoms with E-state index in [1.807, 2.05) is 32.9 Å². The molecule has 1 aromatic carbocycles. The number of aryl methyl sites for hydroxylation is 2. The molecule has 0 unspecified atom stereocenters. The predicted molar refractivity (Wildman–Crippen MR) is 86.6 cm³/mol. The summed E-state index contributed by atoms with van der Waals surface area (Å²) in [6.45, 7) is 7.61. The summed E-state index contributed by atoms with van der Waals surface area (Å²) in [5, 5.41) is 3.02.